The van der Waals surface area contributed by atoms with E-state index in [9.17, 15) is 10.1 Å². The highest BCUT2D eigenvalue weighted by Gasteiger charge is 2.13. The summed E-state index contributed by atoms with van der Waals surface area (Å²) in [5.41, 5.74) is 4.14. The SMILES string of the molecule is Br.C/C(=N\N=c1/scc(-c2cccc([N+](=O)[O-])c2)n1-c1ccccc1)c1ccc(Cl)cc1. The topological polar surface area (TPSA) is 72.8 Å². The molecule has 0 N–H and O–H groups in total. The van der Waals surface area contributed by atoms with Gasteiger partial charge in [-0.25, -0.2) is 0 Å². The van der Waals surface area contributed by atoms with Crippen LogP contribution >= 0.6 is 39.9 Å². The fraction of sp³-hybridized carbons (Fsp3) is 0.0435. The maximum atomic E-state index is 11.2. The maximum absolute atomic E-state index is 11.2. The average molecular weight is 530 g/mol. The maximum Gasteiger partial charge on any atom is 0.270 e. The fourth-order valence-corrected chi connectivity index (χ4v) is 4.04. The second-order valence-corrected chi connectivity index (χ2v) is 7.95. The van der Waals surface area contributed by atoms with E-state index >= 15 is 0 Å². The first-order chi connectivity index (χ1) is 15.0. The van der Waals surface area contributed by atoms with Crippen LogP contribution in [0.2, 0.25) is 5.02 Å². The number of hydrogen-bond acceptors (Lipinski definition) is 5. The highest BCUT2D eigenvalue weighted by atomic mass is 79.9. The van der Waals surface area contributed by atoms with Gasteiger partial charge in [-0.3, -0.25) is 14.7 Å². The Labute approximate surface area is 204 Å². The predicted octanol–water partition coefficient (Wildman–Crippen LogP) is 6.67. The fourth-order valence-electron chi connectivity index (χ4n) is 3.05. The van der Waals surface area contributed by atoms with Crippen molar-refractivity contribution in [2.24, 2.45) is 10.2 Å². The number of nitrogens with zero attached hydrogens (tertiary/aromatic N) is 4. The lowest BCUT2D eigenvalue weighted by molar-refractivity contribution is -0.384. The van der Waals surface area contributed by atoms with Crippen LogP contribution in [0.5, 0.6) is 0 Å². The Morgan fingerprint density at radius 1 is 1.03 bits per heavy atom. The average Bonchev–Trinajstić information content (AvgIpc) is 3.22. The van der Waals surface area contributed by atoms with Crippen LogP contribution in [0, 0.1) is 10.1 Å². The molecule has 0 aliphatic rings. The lowest BCUT2D eigenvalue weighted by Gasteiger charge is -2.09. The van der Waals surface area contributed by atoms with Crippen molar-refractivity contribution in [3.63, 3.8) is 0 Å². The number of para-hydroxylation sites is 1. The van der Waals surface area contributed by atoms with Gasteiger partial charge in [0, 0.05) is 33.8 Å². The summed E-state index contributed by atoms with van der Waals surface area (Å²) in [6.07, 6.45) is 0. The first kappa shape index (κ1) is 23.6. The summed E-state index contributed by atoms with van der Waals surface area (Å²) in [7, 11) is 0. The quantitative estimate of drug-likeness (QED) is 0.164. The van der Waals surface area contributed by atoms with Crippen molar-refractivity contribution in [1.29, 1.82) is 0 Å². The molecule has 0 aliphatic carbocycles. The van der Waals surface area contributed by atoms with Gasteiger partial charge in [-0.05, 0) is 36.8 Å². The second kappa shape index (κ2) is 10.5. The predicted molar refractivity (Wildman–Crippen MR) is 135 cm³/mol. The van der Waals surface area contributed by atoms with Crippen LogP contribution in [-0.2, 0) is 0 Å². The minimum Gasteiger partial charge on any atom is -0.284 e. The standard InChI is InChI=1S/C23H17ClN4O2S.BrH/c1-16(17-10-12-19(24)13-11-17)25-26-23-27(20-7-3-2-4-8-20)22(15-31-23)18-6-5-9-21(14-18)28(29)30;/h2-15H,1H3;1H/b25-16+,26-23-;. The number of hydrogen-bond donors (Lipinski definition) is 0. The first-order valence-corrected chi connectivity index (χ1v) is 10.6. The number of halogens is 2. The molecule has 162 valence electrons. The minimum absolute atomic E-state index is 0. The number of rotatable bonds is 5. The van der Waals surface area contributed by atoms with E-state index in [1.165, 1.54) is 17.4 Å². The molecule has 0 amide bonds. The number of aromatic nitrogens is 1. The molecule has 1 aromatic heterocycles. The highest BCUT2D eigenvalue weighted by Crippen LogP contribution is 2.26. The normalized spacial score (nSPS) is 11.8. The molecule has 9 heteroatoms. The van der Waals surface area contributed by atoms with Crippen LogP contribution in [0.4, 0.5) is 5.69 Å². The molecule has 0 unspecified atom stereocenters. The van der Waals surface area contributed by atoms with Gasteiger partial charge in [0.2, 0.25) is 4.80 Å². The molecule has 0 saturated heterocycles. The van der Waals surface area contributed by atoms with Gasteiger partial charge in [0.15, 0.2) is 0 Å². The molecule has 0 radical (unpaired) electrons. The van der Waals surface area contributed by atoms with Gasteiger partial charge in [-0.2, -0.15) is 5.10 Å². The number of nitro benzene ring substituents is 1. The van der Waals surface area contributed by atoms with E-state index in [-0.39, 0.29) is 22.7 Å². The zero-order chi connectivity index (χ0) is 21.8. The lowest BCUT2D eigenvalue weighted by Crippen LogP contribution is -2.13. The molecular formula is C23H18BrClN4O2S. The van der Waals surface area contributed by atoms with Crippen molar-refractivity contribution in [3.8, 4) is 16.9 Å². The van der Waals surface area contributed by atoms with Crippen LogP contribution < -0.4 is 4.80 Å². The van der Waals surface area contributed by atoms with E-state index in [2.05, 4.69) is 10.2 Å². The van der Waals surface area contributed by atoms with Crippen LogP contribution in [0.3, 0.4) is 0 Å². The summed E-state index contributed by atoms with van der Waals surface area (Å²) < 4.78 is 1.95. The lowest BCUT2D eigenvalue weighted by atomic mass is 10.1. The zero-order valence-electron chi connectivity index (χ0n) is 16.9. The molecule has 0 spiro atoms. The Balaban J connectivity index is 0.00000289. The van der Waals surface area contributed by atoms with Gasteiger partial charge in [-0.15, -0.1) is 33.4 Å². The zero-order valence-corrected chi connectivity index (χ0v) is 20.2. The third kappa shape index (κ3) is 5.21. The molecule has 4 aromatic rings. The second-order valence-electron chi connectivity index (χ2n) is 6.67. The van der Waals surface area contributed by atoms with Gasteiger partial charge in [0.1, 0.15) is 0 Å². The number of non-ortho nitro benzene ring substituents is 1. The van der Waals surface area contributed by atoms with Crippen molar-refractivity contribution in [3.05, 3.63) is 110 Å². The van der Waals surface area contributed by atoms with Crippen LogP contribution in [0.1, 0.15) is 12.5 Å². The molecule has 0 atom stereocenters. The van der Waals surface area contributed by atoms with Crippen molar-refractivity contribution < 1.29 is 4.92 Å². The van der Waals surface area contributed by atoms with E-state index in [0.717, 1.165) is 28.2 Å². The largest absolute Gasteiger partial charge is 0.284 e. The molecule has 1 heterocycles. The molecular weight excluding hydrogens is 512 g/mol. The molecule has 6 nitrogen and oxygen atoms in total. The molecule has 4 rings (SSSR count). The van der Waals surface area contributed by atoms with E-state index < -0.39 is 4.92 Å². The van der Waals surface area contributed by atoms with Crippen molar-refractivity contribution in [2.45, 2.75) is 6.92 Å². The van der Waals surface area contributed by atoms with Crippen LogP contribution in [-0.4, -0.2) is 15.2 Å². The van der Waals surface area contributed by atoms with E-state index in [4.69, 9.17) is 11.6 Å². The molecule has 0 saturated carbocycles. The molecule has 3 aromatic carbocycles. The van der Waals surface area contributed by atoms with Gasteiger partial charge >= 0.3 is 0 Å². The highest BCUT2D eigenvalue weighted by molar-refractivity contribution is 8.93. The molecule has 32 heavy (non-hydrogen) atoms. The van der Waals surface area contributed by atoms with Gasteiger partial charge in [0.05, 0.1) is 16.3 Å². The summed E-state index contributed by atoms with van der Waals surface area (Å²) >= 11 is 7.38. The van der Waals surface area contributed by atoms with E-state index in [1.807, 2.05) is 77.5 Å². The van der Waals surface area contributed by atoms with Gasteiger partial charge in [-0.1, -0.05) is 54.1 Å². The Morgan fingerprint density at radius 2 is 1.75 bits per heavy atom. The number of benzene rings is 3. The summed E-state index contributed by atoms with van der Waals surface area (Å²) in [5, 5.41) is 22.7. The summed E-state index contributed by atoms with van der Waals surface area (Å²) in [5.74, 6) is 0. The van der Waals surface area contributed by atoms with E-state index in [0.29, 0.717) is 9.82 Å². The Bertz CT molecular complexity index is 1330. The summed E-state index contributed by atoms with van der Waals surface area (Å²) in [6, 6.07) is 23.7. The van der Waals surface area contributed by atoms with Crippen LogP contribution in [0.15, 0.2) is 94.4 Å². The molecule has 0 aliphatic heterocycles. The van der Waals surface area contributed by atoms with Gasteiger partial charge < -0.3 is 0 Å². The number of thiazole rings is 1. The van der Waals surface area contributed by atoms with Gasteiger partial charge in [0.25, 0.3) is 5.69 Å². The molecule has 0 bridgehead atoms. The first-order valence-electron chi connectivity index (χ1n) is 9.38. The van der Waals surface area contributed by atoms with E-state index in [1.54, 1.807) is 12.1 Å². The van der Waals surface area contributed by atoms with Crippen molar-refractivity contribution in [1.82, 2.24) is 4.57 Å². The Hall–Kier alpha value is -3.07. The minimum atomic E-state index is -0.395. The monoisotopic (exact) mass is 528 g/mol. The third-order valence-electron chi connectivity index (χ3n) is 4.62. The Morgan fingerprint density at radius 3 is 2.44 bits per heavy atom. The Kier molecular flexibility index (Phi) is 7.74. The van der Waals surface area contributed by atoms with Crippen molar-refractivity contribution >= 4 is 51.3 Å². The summed E-state index contributed by atoms with van der Waals surface area (Å²) in [6.45, 7) is 1.88. The molecule has 0 fully saturated rings. The smallest absolute Gasteiger partial charge is 0.270 e. The summed E-state index contributed by atoms with van der Waals surface area (Å²) in [4.78, 5) is 11.5. The van der Waals surface area contributed by atoms with Crippen molar-refractivity contribution in [2.75, 3.05) is 0 Å². The third-order valence-corrected chi connectivity index (χ3v) is 5.69. The number of nitro groups is 1. The van der Waals surface area contributed by atoms with Crippen LogP contribution in [0.25, 0.3) is 16.9 Å².